The van der Waals surface area contributed by atoms with Crippen molar-refractivity contribution in [2.75, 3.05) is 18.1 Å². The molecule has 0 bridgehead atoms. The molecule has 110 valence electrons. The Balaban J connectivity index is 1.75. The molecule has 1 fully saturated rings. The van der Waals surface area contributed by atoms with Gasteiger partial charge >= 0.3 is 0 Å². The van der Waals surface area contributed by atoms with E-state index in [9.17, 15) is 8.42 Å². The van der Waals surface area contributed by atoms with E-state index in [0.717, 1.165) is 18.8 Å². The second-order valence-electron chi connectivity index (χ2n) is 6.23. The summed E-state index contributed by atoms with van der Waals surface area (Å²) in [6.45, 7) is 4.86. The van der Waals surface area contributed by atoms with Crippen LogP contribution in [0.5, 0.6) is 5.75 Å². The molecule has 0 aliphatic carbocycles. The molecule has 2 aliphatic heterocycles. The van der Waals surface area contributed by atoms with Gasteiger partial charge in [-0.3, -0.25) is 0 Å². The number of hydrogen-bond donors (Lipinski definition) is 1. The van der Waals surface area contributed by atoms with Crippen molar-refractivity contribution in [3.05, 3.63) is 29.3 Å². The Labute approximate surface area is 120 Å². The predicted octanol–water partition coefficient (Wildman–Crippen LogP) is 1.85. The number of rotatable bonds is 3. The normalized spacial score (nSPS) is 28.9. The van der Waals surface area contributed by atoms with E-state index in [-0.39, 0.29) is 17.3 Å². The summed E-state index contributed by atoms with van der Waals surface area (Å²) in [6, 6.07) is 6.39. The molecule has 2 heterocycles. The first-order valence-electron chi connectivity index (χ1n) is 7.11. The number of benzene rings is 1. The van der Waals surface area contributed by atoms with Crippen molar-refractivity contribution < 1.29 is 13.2 Å². The van der Waals surface area contributed by atoms with Crippen LogP contribution in [0.15, 0.2) is 18.2 Å². The van der Waals surface area contributed by atoms with Gasteiger partial charge in [-0.15, -0.1) is 0 Å². The molecule has 20 heavy (non-hydrogen) atoms. The standard InChI is InChI=1S/C15H21NO3S/c1-11(16-15(2)6-8-20(17,18)10-15)12-3-4-14-13(9-12)5-7-19-14/h3-4,9,11,16H,5-8,10H2,1-2H3. The van der Waals surface area contributed by atoms with Gasteiger partial charge in [0.1, 0.15) is 5.75 Å². The first-order valence-corrected chi connectivity index (χ1v) is 8.93. The van der Waals surface area contributed by atoms with Crippen molar-refractivity contribution in [3.8, 4) is 5.75 Å². The molecule has 3 rings (SSSR count). The van der Waals surface area contributed by atoms with Crippen molar-refractivity contribution in [1.82, 2.24) is 5.32 Å². The van der Waals surface area contributed by atoms with Crippen molar-refractivity contribution in [2.45, 2.75) is 38.3 Å². The summed E-state index contributed by atoms with van der Waals surface area (Å²) < 4.78 is 28.8. The van der Waals surface area contributed by atoms with Crippen LogP contribution in [-0.2, 0) is 16.3 Å². The highest BCUT2D eigenvalue weighted by molar-refractivity contribution is 7.91. The van der Waals surface area contributed by atoms with E-state index >= 15 is 0 Å². The highest BCUT2D eigenvalue weighted by Gasteiger charge is 2.39. The third kappa shape index (κ3) is 2.69. The first kappa shape index (κ1) is 13.9. The van der Waals surface area contributed by atoms with E-state index in [4.69, 9.17) is 4.74 Å². The van der Waals surface area contributed by atoms with Gasteiger partial charge in [0, 0.05) is 18.0 Å². The van der Waals surface area contributed by atoms with Gasteiger partial charge in [0.25, 0.3) is 0 Å². The van der Waals surface area contributed by atoms with Gasteiger partial charge in [0.15, 0.2) is 9.84 Å². The summed E-state index contributed by atoms with van der Waals surface area (Å²) >= 11 is 0. The van der Waals surface area contributed by atoms with Crippen LogP contribution < -0.4 is 10.1 Å². The topological polar surface area (TPSA) is 55.4 Å². The molecule has 5 heteroatoms. The van der Waals surface area contributed by atoms with Gasteiger partial charge in [-0.1, -0.05) is 12.1 Å². The van der Waals surface area contributed by atoms with Gasteiger partial charge in [-0.2, -0.15) is 0 Å². The van der Waals surface area contributed by atoms with Crippen LogP contribution >= 0.6 is 0 Å². The molecule has 1 aromatic rings. The van der Waals surface area contributed by atoms with E-state index in [1.165, 1.54) is 11.1 Å². The van der Waals surface area contributed by atoms with Gasteiger partial charge in [0.2, 0.25) is 0 Å². The lowest BCUT2D eigenvalue weighted by atomic mass is 9.97. The molecule has 2 aliphatic rings. The Hall–Kier alpha value is -1.07. The van der Waals surface area contributed by atoms with Crippen LogP contribution in [0.1, 0.15) is 37.4 Å². The Bertz CT molecular complexity index is 626. The zero-order valence-electron chi connectivity index (χ0n) is 12.0. The van der Waals surface area contributed by atoms with Crippen LogP contribution in [0, 0.1) is 0 Å². The maximum absolute atomic E-state index is 11.7. The molecule has 1 saturated heterocycles. The average molecular weight is 295 g/mol. The Morgan fingerprint density at radius 3 is 2.90 bits per heavy atom. The number of fused-ring (bicyclic) bond motifs is 1. The van der Waals surface area contributed by atoms with Crippen LogP contribution in [0.2, 0.25) is 0 Å². The second-order valence-corrected chi connectivity index (χ2v) is 8.42. The lowest BCUT2D eigenvalue weighted by molar-refractivity contribution is 0.354. The first-order chi connectivity index (χ1) is 9.37. The highest BCUT2D eigenvalue weighted by atomic mass is 32.2. The van der Waals surface area contributed by atoms with Gasteiger partial charge in [-0.05, 0) is 37.5 Å². The molecule has 2 unspecified atom stereocenters. The summed E-state index contributed by atoms with van der Waals surface area (Å²) in [5.74, 6) is 1.51. The number of ether oxygens (including phenoxy) is 1. The molecular weight excluding hydrogens is 274 g/mol. The average Bonchev–Trinajstić information content (AvgIpc) is 2.92. The number of sulfone groups is 1. The third-order valence-electron chi connectivity index (χ3n) is 4.28. The predicted molar refractivity (Wildman–Crippen MR) is 78.9 cm³/mol. The van der Waals surface area contributed by atoms with E-state index in [2.05, 4.69) is 24.4 Å². The van der Waals surface area contributed by atoms with E-state index in [1.54, 1.807) is 0 Å². The second kappa shape index (κ2) is 4.74. The number of nitrogens with one attached hydrogen (secondary N) is 1. The quantitative estimate of drug-likeness (QED) is 0.924. The molecule has 0 radical (unpaired) electrons. The summed E-state index contributed by atoms with van der Waals surface area (Å²) in [6.07, 6.45) is 1.65. The molecule has 1 aromatic carbocycles. The lowest BCUT2D eigenvalue weighted by Gasteiger charge is -2.29. The largest absolute Gasteiger partial charge is 0.493 e. The third-order valence-corrected chi connectivity index (χ3v) is 6.18. The summed E-state index contributed by atoms with van der Waals surface area (Å²) in [5, 5.41) is 3.50. The fourth-order valence-corrected chi connectivity index (χ4v) is 5.31. The monoisotopic (exact) mass is 295 g/mol. The summed E-state index contributed by atoms with van der Waals surface area (Å²) in [5.41, 5.74) is 2.13. The summed E-state index contributed by atoms with van der Waals surface area (Å²) in [7, 11) is -2.87. The van der Waals surface area contributed by atoms with Gasteiger partial charge in [0.05, 0.1) is 18.1 Å². The Kier molecular flexibility index (Phi) is 3.29. The molecule has 0 amide bonds. The fraction of sp³-hybridized carbons (Fsp3) is 0.600. The molecular formula is C15H21NO3S. The van der Waals surface area contributed by atoms with Crippen LogP contribution in [-0.4, -0.2) is 32.1 Å². The molecule has 0 spiro atoms. The molecule has 2 atom stereocenters. The van der Waals surface area contributed by atoms with Crippen LogP contribution in [0.3, 0.4) is 0 Å². The maximum atomic E-state index is 11.7. The van der Waals surface area contributed by atoms with Crippen molar-refractivity contribution in [1.29, 1.82) is 0 Å². The number of hydrogen-bond acceptors (Lipinski definition) is 4. The maximum Gasteiger partial charge on any atom is 0.152 e. The zero-order chi connectivity index (χ0) is 14.4. The van der Waals surface area contributed by atoms with Crippen molar-refractivity contribution >= 4 is 9.84 Å². The van der Waals surface area contributed by atoms with Crippen LogP contribution in [0.25, 0.3) is 0 Å². The van der Waals surface area contributed by atoms with Gasteiger partial charge < -0.3 is 10.1 Å². The van der Waals surface area contributed by atoms with E-state index < -0.39 is 9.84 Å². The molecule has 0 aromatic heterocycles. The highest BCUT2D eigenvalue weighted by Crippen LogP contribution is 2.30. The van der Waals surface area contributed by atoms with Gasteiger partial charge in [-0.25, -0.2) is 8.42 Å². The van der Waals surface area contributed by atoms with E-state index in [0.29, 0.717) is 12.2 Å². The zero-order valence-corrected chi connectivity index (χ0v) is 12.8. The lowest BCUT2D eigenvalue weighted by Crippen LogP contribution is -2.44. The van der Waals surface area contributed by atoms with E-state index in [1.807, 2.05) is 13.0 Å². The SMILES string of the molecule is CC(NC1(C)CCS(=O)(=O)C1)c1ccc2c(c1)CCO2. The molecule has 4 nitrogen and oxygen atoms in total. The smallest absolute Gasteiger partial charge is 0.152 e. The molecule has 1 N–H and O–H groups in total. The minimum absolute atomic E-state index is 0.138. The Morgan fingerprint density at radius 2 is 2.20 bits per heavy atom. The van der Waals surface area contributed by atoms with Crippen molar-refractivity contribution in [3.63, 3.8) is 0 Å². The van der Waals surface area contributed by atoms with Crippen LogP contribution in [0.4, 0.5) is 0 Å². The minimum atomic E-state index is -2.87. The fourth-order valence-electron chi connectivity index (χ4n) is 3.21. The minimum Gasteiger partial charge on any atom is -0.493 e. The van der Waals surface area contributed by atoms with Crippen molar-refractivity contribution in [2.24, 2.45) is 0 Å². The summed E-state index contributed by atoms with van der Waals surface area (Å²) in [4.78, 5) is 0. The molecule has 0 saturated carbocycles. The Morgan fingerprint density at radius 1 is 1.40 bits per heavy atom.